The Hall–Kier alpha value is -1.82. The van der Waals surface area contributed by atoms with Gasteiger partial charge in [-0.25, -0.2) is 0 Å². The van der Waals surface area contributed by atoms with Crippen LogP contribution in [0.25, 0.3) is 0 Å². The number of hydrogen-bond donors (Lipinski definition) is 0. The highest BCUT2D eigenvalue weighted by atomic mass is 14.0. The van der Waals surface area contributed by atoms with Gasteiger partial charge in [-0.05, 0) is 24.0 Å². The molecule has 0 saturated heterocycles. The van der Waals surface area contributed by atoms with E-state index < -0.39 is 0 Å². The molecule has 16 heavy (non-hydrogen) atoms. The highest BCUT2D eigenvalue weighted by Gasteiger charge is 1.98. The lowest BCUT2D eigenvalue weighted by molar-refractivity contribution is 1.15. The van der Waals surface area contributed by atoms with Crippen molar-refractivity contribution in [3.8, 4) is 0 Å². The van der Waals surface area contributed by atoms with Gasteiger partial charge in [0.2, 0.25) is 0 Å². The molecule has 0 spiro atoms. The summed E-state index contributed by atoms with van der Waals surface area (Å²) in [7, 11) is 0. The zero-order valence-electron chi connectivity index (χ0n) is 9.71. The van der Waals surface area contributed by atoms with Crippen molar-refractivity contribution >= 4 is 0 Å². The molecule has 0 radical (unpaired) electrons. The lowest BCUT2D eigenvalue weighted by atomic mass is 10.0. The molecule has 1 aromatic rings. The summed E-state index contributed by atoms with van der Waals surface area (Å²) in [4.78, 5) is 0. The van der Waals surface area contributed by atoms with Crippen LogP contribution in [0.15, 0.2) is 73.9 Å². The van der Waals surface area contributed by atoms with Gasteiger partial charge >= 0.3 is 0 Å². The van der Waals surface area contributed by atoms with Gasteiger partial charge < -0.3 is 0 Å². The van der Waals surface area contributed by atoms with Gasteiger partial charge in [0.25, 0.3) is 0 Å². The van der Waals surface area contributed by atoms with Gasteiger partial charge in [0.1, 0.15) is 0 Å². The summed E-state index contributed by atoms with van der Waals surface area (Å²) in [5, 5.41) is 0. The van der Waals surface area contributed by atoms with Crippen LogP contribution in [-0.2, 0) is 12.8 Å². The van der Waals surface area contributed by atoms with Crippen LogP contribution in [0.3, 0.4) is 0 Å². The van der Waals surface area contributed by atoms with E-state index in [2.05, 4.69) is 50.6 Å². The molecule has 0 N–H and O–H groups in total. The van der Waals surface area contributed by atoms with Crippen LogP contribution in [0.2, 0.25) is 0 Å². The largest absolute Gasteiger partial charge is 0.0988 e. The predicted octanol–water partition coefficient (Wildman–Crippen LogP) is 4.26. The first-order valence-electron chi connectivity index (χ1n) is 5.34. The fraction of sp³-hybridized carbons (Fsp3) is 0.125. The minimum atomic E-state index is 0.859. The molecule has 82 valence electrons. The number of rotatable bonds is 6. The van der Waals surface area contributed by atoms with Crippen LogP contribution < -0.4 is 0 Å². The van der Waals surface area contributed by atoms with Crippen molar-refractivity contribution in [3.05, 3.63) is 85.0 Å². The highest BCUT2D eigenvalue weighted by molar-refractivity contribution is 5.32. The van der Waals surface area contributed by atoms with E-state index in [4.69, 9.17) is 0 Å². The smallest absolute Gasteiger partial charge is 0.00318 e. The Kier molecular flexibility index (Phi) is 4.53. The fourth-order valence-corrected chi connectivity index (χ4v) is 1.52. The third kappa shape index (κ3) is 3.74. The van der Waals surface area contributed by atoms with Gasteiger partial charge in [-0.3, -0.25) is 0 Å². The van der Waals surface area contributed by atoms with Gasteiger partial charge in [-0.1, -0.05) is 73.9 Å². The summed E-state index contributed by atoms with van der Waals surface area (Å²) < 4.78 is 0. The van der Waals surface area contributed by atoms with Gasteiger partial charge in [-0.2, -0.15) is 0 Å². The molecule has 0 heteroatoms. The molecular weight excluding hydrogens is 192 g/mol. The molecule has 0 unspecified atom stereocenters. The Labute approximate surface area is 98.3 Å². The van der Waals surface area contributed by atoms with Gasteiger partial charge in [0.05, 0.1) is 0 Å². The standard InChI is InChI=1S/C16H18/c1-5-13(3)10-15-8-7-9-16(12-15)11-14(4)6-2/h5-9,12H,1-4,10-11H2. The summed E-state index contributed by atoms with van der Waals surface area (Å²) in [6.45, 7) is 15.3. The Balaban J connectivity index is 2.78. The minimum Gasteiger partial charge on any atom is -0.0988 e. The molecule has 0 heterocycles. The molecule has 0 aliphatic heterocycles. The lowest BCUT2D eigenvalue weighted by Gasteiger charge is -2.05. The molecule has 1 aromatic carbocycles. The molecule has 0 bridgehead atoms. The summed E-state index contributed by atoms with van der Waals surface area (Å²) in [6, 6.07) is 8.46. The van der Waals surface area contributed by atoms with Gasteiger partial charge in [0.15, 0.2) is 0 Å². The third-order valence-electron chi connectivity index (χ3n) is 2.43. The number of benzene rings is 1. The molecule has 1 rings (SSSR count). The summed E-state index contributed by atoms with van der Waals surface area (Å²) in [5.74, 6) is 0. The van der Waals surface area contributed by atoms with E-state index in [9.17, 15) is 0 Å². The summed E-state index contributed by atoms with van der Waals surface area (Å²) >= 11 is 0. The third-order valence-corrected chi connectivity index (χ3v) is 2.43. The minimum absolute atomic E-state index is 0.859. The topological polar surface area (TPSA) is 0 Å². The molecule has 0 amide bonds. The Morgan fingerprint density at radius 2 is 1.38 bits per heavy atom. The van der Waals surface area contributed by atoms with Crippen LogP contribution in [-0.4, -0.2) is 0 Å². The van der Waals surface area contributed by atoms with E-state index in [-0.39, 0.29) is 0 Å². The van der Waals surface area contributed by atoms with Crippen LogP contribution in [0.5, 0.6) is 0 Å². The summed E-state index contributed by atoms with van der Waals surface area (Å²) in [6.07, 6.45) is 5.32. The normalized spacial score (nSPS) is 9.50. The maximum atomic E-state index is 3.92. The molecule has 0 nitrogen and oxygen atoms in total. The van der Waals surface area contributed by atoms with Crippen molar-refractivity contribution in [1.29, 1.82) is 0 Å². The monoisotopic (exact) mass is 210 g/mol. The molecule has 0 aliphatic carbocycles. The number of hydrogen-bond acceptors (Lipinski definition) is 0. The molecule has 0 fully saturated rings. The van der Waals surface area contributed by atoms with Gasteiger partial charge in [0, 0.05) is 0 Å². The zero-order valence-corrected chi connectivity index (χ0v) is 9.71. The second-order valence-corrected chi connectivity index (χ2v) is 3.90. The Morgan fingerprint density at radius 3 is 1.75 bits per heavy atom. The molecule has 0 atom stereocenters. The predicted molar refractivity (Wildman–Crippen MR) is 72.5 cm³/mol. The maximum absolute atomic E-state index is 3.92. The van der Waals surface area contributed by atoms with Crippen LogP contribution >= 0.6 is 0 Å². The Bertz CT molecular complexity index is 384. The molecule has 0 saturated carbocycles. The van der Waals surface area contributed by atoms with Crippen LogP contribution in [0.4, 0.5) is 0 Å². The van der Waals surface area contributed by atoms with E-state index in [0.29, 0.717) is 0 Å². The molecule has 0 aliphatic rings. The van der Waals surface area contributed by atoms with Gasteiger partial charge in [-0.15, -0.1) is 0 Å². The van der Waals surface area contributed by atoms with E-state index in [1.807, 2.05) is 0 Å². The van der Waals surface area contributed by atoms with E-state index >= 15 is 0 Å². The second kappa shape index (κ2) is 5.92. The molecular formula is C16H18. The summed E-state index contributed by atoms with van der Waals surface area (Å²) in [5.41, 5.74) is 4.61. The highest BCUT2D eigenvalue weighted by Crippen LogP contribution is 2.13. The molecule has 0 aromatic heterocycles. The van der Waals surface area contributed by atoms with Crippen molar-refractivity contribution in [3.63, 3.8) is 0 Å². The van der Waals surface area contributed by atoms with E-state index in [1.54, 1.807) is 12.2 Å². The average Bonchev–Trinajstić information content (AvgIpc) is 2.29. The van der Waals surface area contributed by atoms with E-state index in [0.717, 1.165) is 24.0 Å². The quantitative estimate of drug-likeness (QED) is 0.615. The fourth-order valence-electron chi connectivity index (χ4n) is 1.52. The number of allylic oxidation sites excluding steroid dienone is 4. The van der Waals surface area contributed by atoms with Crippen molar-refractivity contribution in [2.75, 3.05) is 0 Å². The second-order valence-electron chi connectivity index (χ2n) is 3.90. The van der Waals surface area contributed by atoms with Crippen molar-refractivity contribution in [1.82, 2.24) is 0 Å². The first kappa shape index (κ1) is 12.3. The van der Waals surface area contributed by atoms with Crippen molar-refractivity contribution in [2.45, 2.75) is 12.8 Å². The first-order chi connectivity index (χ1) is 7.65. The maximum Gasteiger partial charge on any atom is -0.00318 e. The van der Waals surface area contributed by atoms with E-state index in [1.165, 1.54) is 11.1 Å². The van der Waals surface area contributed by atoms with Crippen molar-refractivity contribution < 1.29 is 0 Å². The zero-order chi connectivity index (χ0) is 12.0. The first-order valence-corrected chi connectivity index (χ1v) is 5.34. The SMILES string of the molecule is C=CC(=C)Cc1cccc(CC(=C)C=C)c1. The van der Waals surface area contributed by atoms with Crippen molar-refractivity contribution in [2.24, 2.45) is 0 Å². The van der Waals surface area contributed by atoms with Crippen LogP contribution in [0, 0.1) is 0 Å². The average molecular weight is 210 g/mol. The Morgan fingerprint density at radius 1 is 0.938 bits per heavy atom. The van der Waals surface area contributed by atoms with Crippen LogP contribution in [0.1, 0.15) is 11.1 Å². The lowest BCUT2D eigenvalue weighted by Crippen LogP contribution is -1.91.